The molecule has 1 aromatic rings. The molecule has 0 fully saturated rings. The molecule has 0 amide bonds. The Morgan fingerprint density at radius 2 is 1.73 bits per heavy atom. The molecule has 0 spiro atoms. The number of rotatable bonds is 5. The SMILES string of the molecule is CCCC(=O)c1cnc(C(=O)CC)nc1. The second-order valence-corrected chi connectivity index (χ2v) is 3.25. The lowest BCUT2D eigenvalue weighted by Crippen LogP contribution is -2.07. The summed E-state index contributed by atoms with van der Waals surface area (Å²) in [6.07, 6.45) is 4.52. The molecule has 80 valence electrons. The normalized spacial score (nSPS) is 10.0. The van der Waals surface area contributed by atoms with Gasteiger partial charge in [0.25, 0.3) is 0 Å². The van der Waals surface area contributed by atoms with Gasteiger partial charge in [0.2, 0.25) is 0 Å². The summed E-state index contributed by atoms with van der Waals surface area (Å²) in [6.45, 7) is 3.69. The summed E-state index contributed by atoms with van der Waals surface area (Å²) in [7, 11) is 0. The molecule has 0 saturated carbocycles. The Bertz CT molecular complexity index is 357. The Balaban J connectivity index is 2.80. The number of hydrogen-bond acceptors (Lipinski definition) is 4. The van der Waals surface area contributed by atoms with Crippen LogP contribution in [0, 0.1) is 0 Å². The highest BCUT2D eigenvalue weighted by molar-refractivity contribution is 5.96. The molecule has 1 rings (SSSR count). The van der Waals surface area contributed by atoms with Gasteiger partial charge in [0.05, 0.1) is 5.56 Å². The number of Topliss-reactive ketones (excluding diaryl/α,β-unsaturated/α-hetero) is 2. The van der Waals surface area contributed by atoms with Crippen LogP contribution in [0.25, 0.3) is 0 Å². The van der Waals surface area contributed by atoms with Gasteiger partial charge in [-0.3, -0.25) is 9.59 Å². The number of carbonyl (C=O) groups excluding carboxylic acids is 2. The predicted molar refractivity (Wildman–Crippen MR) is 55.9 cm³/mol. The van der Waals surface area contributed by atoms with Crippen molar-refractivity contribution in [1.29, 1.82) is 0 Å². The van der Waals surface area contributed by atoms with Gasteiger partial charge in [0.1, 0.15) is 0 Å². The van der Waals surface area contributed by atoms with E-state index in [0.717, 1.165) is 6.42 Å². The molecule has 0 aliphatic carbocycles. The van der Waals surface area contributed by atoms with Crippen molar-refractivity contribution in [3.63, 3.8) is 0 Å². The van der Waals surface area contributed by atoms with Crippen molar-refractivity contribution < 1.29 is 9.59 Å². The van der Waals surface area contributed by atoms with Gasteiger partial charge in [0, 0.05) is 25.2 Å². The first kappa shape index (κ1) is 11.5. The van der Waals surface area contributed by atoms with Gasteiger partial charge in [-0.25, -0.2) is 9.97 Å². The lowest BCUT2D eigenvalue weighted by atomic mass is 10.1. The second kappa shape index (κ2) is 5.34. The van der Waals surface area contributed by atoms with Gasteiger partial charge in [-0.15, -0.1) is 0 Å². The Labute approximate surface area is 88.7 Å². The molecule has 1 aromatic heterocycles. The van der Waals surface area contributed by atoms with Crippen LogP contribution in [-0.2, 0) is 0 Å². The molecule has 4 heteroatoms. The Morgan fingerprint density at radius 3 is 2.20 bits per heavy atom. The molecule has 0 atom stereocenters. The molecule has 0 aliphatic heterocycles. The molecule has 0 unspecified atom stereocenters. The van der Waals surface area contributed by atoms with E-state index in [1.165, 1.54) is 12.4 Å². The molecular formula is C11H14N2O2. The van der Waals surface area contributed by atoms with Crippen molar-refractivity contribution in [2.45, 2.75) is 33.1 Å². The first-order valence-electron chi connectivity index (χ1n) is 5.07. The molecule has 1 heterocycles. The quantitative estimate of drug-likeness (QED) is 0.692. The minimum absolute atomic E-state index is 0.0213. The van der Waals surface area contributed by atoms with Crippen LogP contribution in [-0.4, -0.2) is 21.5 Å². The van der Waals surface area contributed by atoms with Crippen LogP contribution in [0.5, 0.6) is 0 Å². The number of hydrogen-bond donors (Lipinski definition) is 0. The fraction of sp³-hybridized carbons (Fsp3) is 0.455. The van der Waals surface area contributed by atoms with Gasteiger partial charge in [-0.05, 0) is 6.42 Å². The zero-order chi connectivity index (χ0) is 11.3. The molecule has 0 bridgehead atoms. The fourth-order valence-electron chi connectivity index (χ4n) is 1.15. The van der Waals surface area contributed by atoms with E-state index in [4.69, 9.17) is 0 Å². The van der Waals surface area contributed by atoms with Gasteiger partial charge < -0.3 is 0 Å². The summed E-state index contributed by atoms with van der Waals surface area (Å²) in [4.78, 5) is 30.4. The summed E-state index contributed by atoms with van der Waals surface area (Å²) in [5, 5.41) is 0. The highest BCUT2D eigenvalue weighted by atomic mass is 16.1. The molecular weight excluding hydrogens is 192 g/mol. The first-order valence-corrected chi connectivity index (χ1v) is 5.07. The Kier molecular flexibility index (Phi) is 4.09. The van der Waals surface area contributed by atoms with Crippen molar-refractivity contribution in [1.82, 2.24) is 9.97 Å². The fourth-order valence-corrected chi connectivity index (χ4v) is 1.15. The lowest BCUT2D eigenvalue weighted by Gasteiger charge is -1.99. The third kappa shape index (κ3) is 2.94. The van der Waals surface area contributed by atoms with E-state index >= 15 is 0 Å². The van der Waals surface area contributed by atoms with Crippen LogP contribution >= 0.6 is 0 Å². The Morgan fingerprint density at radius 1 is 1.13 bits per heavy atom. The average Bonchev–Trinajstić information content (AvgIpc) is 2.28. The van der Waals surface area contributed by atoms with Crippen molar-refractivity contribution in [2.24, 2.45) is 0 Å². The smallest absolute Gasteiger partial charge is 0.199 e. The predicted octanol–water partition coefficient (Wildman–Crippen LogP) is 2.05. The third-order valence-corrected chi connectivity index (χ3v) is 2.02. The molecule has 15 heavy (non-hydrogen) atoms. The zero-order valence-electron chi connectivity index (χ0n) is 8.99. The summed E-state index contributed by atoms with van der Waals surface area (Å²) < 4.78 is 0. The zero-order valence-corrected chi connectivity index (χ0v) is 8.99. The van der Waals surface area contributed by atoms with Crippen molar-refractivity contribution in [3.05, 3.63) is 23.8 Å². The van der Waals surface area contributed by atoms with Crippen LogP contribution in [0.2, 0.25) is 0 Å². The maximum atomic E-state index is 11.4. The van der Waals surface area contributed by atoms with E-state index in [0.29, 0.717) is 18.4 Å². The summed E-state index contributed by atoms with van der Waals surface area (Å²) in [5.41, 5.74) is 0.476. The summed E-state index contributed by atoms with van der Waals surface area (Å²) in [6, 6.07) is 0. The van der Waals surface area contributed by atoms with Crippen molar-refractivity contribution in [3.8, 4) is 0 Å². The maximum absolute atomic E-state index is 11.4. The van der Waals surface area contributed by atoms with Crippen LogP contribution in [0.3, 0.4) is 0 Å². The Hall–Kier alpha value is -1.58. The largest absolute Gasteiger partial charge is 0.294 e. The highest BCUT2D eigenvalue weighted by Crippen LogP contribution is 2.03. The van der Waals surface area contributed by atoms with E-state index in [-0.39, 0.29) is 17.4 Å². The topological polar surface area (TPSA) is 59.9 Å². The maximum Gasteiger partial charge on any atom is 0.199 e. The minimum Gasteiger partial charge on any atom is -0.294 e. The van der Waals surface area contributed by atoms with E-state index in [2.05, 4.69) is 9.97 Å². The van der Waals surface area contributed by atoms with Gasteiger partial charge in [-0.1, -0.05) is 13.8 Å². The summed E-state index contributed by atoms with van der Waals surface area (Å²) in [5.74, 6) is 0.100. The highest BCUT2D eigenvalue weighted by Gasteiger charge is 2.09. The van der Waals surface area contributed by atoms with Crippen LogP contribution in [0.1, 0.15) is 54.1 Å². The summed E-state index contributed by atoms with van der Waals surface area (Å²) >= 11 is 0. The van der Waals surface area contributed by atoms with Crippen LogP contribution < -0.4 is 0 Å². The van der Waals surface area contributed by atoms with Gasteiger partial charge in [0.15, 0.2) is 17.4 Å². The van der Waals surface area contributed by atoms with Crippen molar-refractivity contribution >= 4 is 11.6 Å². The van der Waals surface area contributed by atoms with E-state index in [1.807, 2.05) is 6.92 Å². The number of carbonyl (C=O) groups is 2. The second-order valence-electron chi connectivity index (χ2n) is 3.25. The first-order chi connectivity index (χ1) is 7.19. The molecule has 0 aromatic carbocycles. The van der Waals surface area contributed by atoms with Crippen LogP contribution in [0.15, 0.2) is 12.4 Å². The van der Waals surface area contributed by atoms with Crippen molar-refractivity contribution in [2.75, 3.05) is 0 Å². The average molecular weight is 206 g/mol. The monoisotopic (exact) mass is 206 g/mol. The lowest BCUT2D eigenvalue weighted by molar-refractivity contribution is 0.0965. The molecule has 0 N–H and O–H groups in total. The minimum atomic E-state index is -0.107. The van der Waals surface area contributed by atoms with Gasteiger partial charge in [-0.2, -0.15) is 0 Å². The number of aromatic nitrogens is 2. The number of ketones is 2. The van der Waals surface area contributed by atoms with Crippen LogP contribution in [0.4, 0.5) is 0 Å². The molecule has 0 radical (unpaired) electrons. The standard InChI is InChI=1S/C11H14N2O2/c1-3-5-10(15)8-6-12-11(13-7-8)9(14)4-2/h6-7H,3-5H2,1-2H3. The van der Waals surface area contributed by atoms with Gasteiger partial charge >= 0.3 is 0 Å². The molecule has 0 aliphatic rings. The van der Waals surface area contributed by atoms with E-state index < -0.39 is 0 Å². The third-order valence-electron chi connectivity index (χ3n) is 2.02. The van der Waals surface area contributed by atoms with E-state index in [1.54, 1.807) is 6.92 Å². The number of nitrogens with zero attached hydrogens (tertiary/aromatic N) is 2. The van der Waals surface area contributed by atoms with E-state index in [9.17, 15) is 9.59 Å². The molecule has 0 saturated heterocycles. The molecule has 4 nitrogen and oxygen atoms in total.